The Hall–Kier alpha value is -1.22. The summed E-state index contributed by atoms with van der Waals surface area (Å²) in [6.45, 7) is 3.44. The number of esters is 2. The first-order valence-electron chi connectivity index (χ1n) is 18.0. The molecule has 4 rings (SSSR count). The molecule has 0 aromatic heterocycles. The minimum atomic E-state index is -0.0784. The molecule has 0 N–H and O–H groups in total. The third-order valence-corrected chi connectivity index (χ3v) is 9.70. The maximum Gasteiger partial charge on any atom is 0.306 e. The lowest BCUT2D eigenvalue weighted by atomic mass is 10.0. The molecule has 43 heavy (non-hydrogen) atoms. The molecule has 0 unspecified atom stereocenters. The minimum absolute atomic E-state index is 0.0351. The van der Waals surface area contributed by atoms with Crippen LogP contribution in [0.3, 0.4) is 0 Å². The number of carbonyl (C=O) groups is 2. The van der Waals surface area contributed by atoms with E-state index in [1.807, 2.05) is 0 Å². The van der Waals surface area contributed by atoms with Crippen LogP contribution < -0.4 is 0 Å². The van der Waals surface area contributed by atoms with E-state index < -0.39 is 0 Å². The van der Waals surface area contributed by atoms with Gasteiger partial charge in [0.25, 0.3) is 0 Å². The van der Waals surface area contributed by atoms with Crippen molar-refractivity contribution in [1.29, 1.82) is 0 Å². The number of unbranched alkanes of at least 4 members (excludes halogenated alkanes) is 4. The topological polar surface area (TPSA) is 89.5 Å². The predicted octanol–water partition coefficient (Wildman–Crippen LogP) is 7.38. The SMILES string of the molecule is O=C(CCCCCCCC(=O)OC(CC[C@@H]1CCCO1)CC[C@@H]1CCCO1)OC(CC[C@H]1CCCO1)CC[C@H]1CCCO1. The van der Waals surface area contributed by atoms with Crippen molar-refractivity contribution in [3.05, 3.63) is 0 Å². The fraction of sp³-hybridized carbons (Fsp3) is 0.943. The third kappa shape index (κ3) is 14.6. The lowest BCUT2D eigenvalue weighted by Crippen LogP contribution is -2.22. The number of hydrogen-bond acceptors (Lipinski definition) is 8. The Morgan fingerprint density at radius 3 is 1.07 bits per heavy atom. The molecule has 4 heterocycles. The van der Waals surface area contributed by atoms with Crippen molar-refractivity contribution in [3.8, 4) is 0 Å². The number of rotatable bonds is 22. The standard InChI is InChI=1S/C35H60O8/c36-34(42-32(20-16-28-10-6-24-38-28)21-17-29-11-7-25-39-29)14-4-2-1-3-5-15-35(37)43-33(22-18-30-12-8-26-40-30)23-19-31-13-9-27-41-31/h28-33H,1-27H2/t28-,29-,30+,31+. The summed E-state index contributed by atoms with van der Waals surface area (Å²) in [5.74, 6) is -0.157. The van der Waals surface area contributed by atoms with E-state index in [2.05, 4.69) is 0 Å². The summed E-state index contributed by atoms with van der Waals surface area (Å²) < 4.78 is 35.0. The summed E-state index contributed by atoms with van der Waals surface area (Å²) in [4.78, 5) is 25.3. The number of hydrogen-bond donors (Lipinski definition) is 0. The molecule has 4 saturated heterocycles. The second-order valence-corrected chi connectivity index (χ2v) is 13.3. The maximum atomic E-state index is 12.6. The predicted molar refractivity (Wildman–Crippen MR) is 165 cm³/mol. The first-order chi connectivity index (χ1) is 21.1. The first kappa shape index (κ1) is 34.6. The van der Waals surface area contributed by atoms with Crippen LogP contribution in [-0.4, -0.2) is 75.0 Å². The third-order valence-electron chi connectivity index (χ3n) is 9.70. The van der Waals surface area contributed by atoms with E-state index in [0.717, 1.165) is 161 Å². The van der Waals surface area contributed by atoms with Gasteiger partial charge < -0.3 is 28.4 Å². The summed E-state index contributed by atoms with van der Waals surface area (Å²) in [6.07, 6.45) is 23.2. The quantitative estimate of drug-likeness (QED) is 0.0929. The van der Waals surface area contributed by atoms with Gasteiger partial charge in [-0.1, -0.05) is 19.3 Å². The smallest absolute Gasteiger partial charge is 0.306 e. The zero-order valence-corrected chi connectivity index (χ0v) is 26.8. The monoisotopic (exact) mass is 608 g/mol. The van der Waals surface area contributed by atoms with Gasteiger partial charge >= 0.3 is 11.9 Å². The largest absolute Gasteiger partial charge is 0.462 e. The molecule has 0 bridgehead atoms. The van der Waals surface area contributed by atoms with Crippen LogP contribution in [0.25, 0.3) is 0 Å². The van der Waals surface area contributed by atoms with E-state index in [0.29, 0.717) is 37.3 Å². The van der Waals surface area contributed by atoms with Gasteiger partial charge in [-0.3, -0.25) is 9.59 Å². The molecule has 0 saturated carbocycles. The molecular weight excluding hydrogens is 548 g/mol. The first-order valence-corrected chi connectivity index (χ1v) is 18.0. The molecule has 248 valence electrons. The van der Waals surface area contributed by atoms with Crippen molar-refractivity contribution in [2.45, 2.75) is 184 Å². The second kappa shape index (κ2) is 20.7. The Balaban J connectivity index is 1.04. The fourth-order valence-electron chi connectivity index (χ4n) is 7.06. The average molecular weight is 609 g/mol. The Labute approximate surface area is 260 Å². The van der Waals surface area contributed by atoms with Crippen LogP contribution in [0.2, 0.25) is 0 Å². The van der Waals surface area contributed by atoms with Gasteiger partial charge in [-0.15, -0.1) is 0 Å². The van der Waals surface area contributed by atoms with E-state index in [4.69, 9.17) is 28.4 Å². The van der Waals surface area contributed by atoms with Gasteiger partial charge in [0.1, 0.15) is 12.2 Å². The van der Waals surface area contributed by atoms with Gasteiger partial charge in [0.15, 0.2) is 0 Å². The van der Waals surface area contributed by atoms with Crippen molar-refractivity contribution in [2.75, 3.05) is 26.4 Å². The normalized spacial score (nSPS) is 25.7. The van der Waals surface area contributed by atoms with Crippen LogP contribution in [0, 0.1) is 0 Å². The van der Waals surface area contributed by atoms with Gasteiger partial charge in [0.2, 0.25) is 0 Å². The molecule has 4 fully saturated rings. The Morgan fingerprint density at radius 1 is 0.488 bits per heavy atom. The van der Waals surface area contributed by atoms with Crippen LogP contribution in [0.5, 0.6) is 0 Å². The summed E-state index contributed by atoms with van der Waals surface area (Å²) in [6, 6.07) is 0. The summed E-state index contributed by atoms with van der Waals surface area (Å²) in [7, 11) is 0. The molecular formula is C35H60O8. The van der Waals surface area contributed by atoms with Gasteiger partial charge in [-0.05, 0) is 116 Å². The summed E-state index contributed by atoms with van der Waals surface area (Å²) in [5, 5.41) is 0. The molecule has 8 nitrogen and oxygen atoms in total. The van der Waals surface area contributed by atoms with Gasteiger partial charge in [0.05, 0.1) is 24.4 Å². The lowest BCUT2D eigenvalue weighted by molar-refractivity contribution is -0.151. The van der Waals surface area contributed by atoms with Gasteiger partial charge in [-0.25, -0.2) is 0 Å². The Kier molecular flexibility index (Phi) is 16.7. The van der Waals surface area contributed by atoms with E-state index in [9.17, 15) is 9.59 Å². The van der Waals surface area contributed by atoms with Gasteiger partial charge in [0, 0.05) is 39.3 Å². The minimum Gasteiger partial charge on any atom is -0.462 e. The second-order valence-electron chi connectivity index (χ2n) is 13.3. The van der Waals surface area contributed by atoms with Crippen LogP contribution in [0.4, 0.5) is 0 Å². The zero-order valence-electron chi connectivity index (χ0n) is 26.8. The molecule has 0 amide bonds. The molecule has 4 aliphatic rings. The van der Waals surface area contributed by atoms with Crippen molar-refractivity contribution >= 4 is 11.9 Å². The van der Waals surface area contributed by atoms with E-state index in [1.165, 1.54) is 0 Å². The molecule has 8 heteroatoms. The number of carbonyl (C=O) groups excluding carboxylic acids is 2. The molecule has 4 aliphatic heterocycles. The highest BCUT2D eigenvalue weighted by Gasteiger charge is 2.25. The van der Waals surface area contributed by atoms with E-state index in [1.54, 1.807) is 0 Å². The summed E-state index contributed by atoms with van der Waals surface area (Å²) in [5.41, 5.74) is 0. The van der Waals surface area contributed by atoms with Crippen LogP contribution in [0.15, 0.2) is 0 Å². The van der Waals surface area contributed by atoms with Crippen LogP contribution >= 0.6 is 0 Å². The van der Waals surface area contributed by atoms with E-state index in [-0.39, 0.29) is 24.1 Å². The summed E-state index contributed by atoms with van der Waals surface area (Å²) >= 11 is 0. The molecule has 0 spiro atoms. The van der Waals surface area contributed by atoms with Crippen LogP contribution in [-0.2, 0) is 38.0 Å². The highest BCUT2D eigenvalue weighted by Crippen LogP contribution is 2.25. The Morgan fingerprint density at radius 2 is 0.791 bits per heavy atom. The van der Waals surface area contributed by atoms with Crippen molar-refractivity contribution < 1.29 is 38.0 Å². The van der Waals surface area contributed by atoms with Crippen LogP contribution in [0.1, 0.15) is 148 Å². The van der Waals surface area contributed by atoms with Crippen molar-refractivity contribution in [1.82, 2.24) is 0 Å². The molecule has 0 aromatic carbocycles. The molecule has 0 aliphatic carbocycles. The zero-order chi connectivity index (χ0) is 30.0. The average Bonchev–Trinajstić information content (AvgIpc) is 3.84. The van der Waals surface area contributed by atoms with E-state index >= 15 is 0 Å². The fourth-order valence-corrected chi connectivity index (χ4v) is 7.06. The lowest BCUT2D eigenvalue weighted by Gasteiger charge is -2.21. The highest BCUT2D eigenvalue weighted by molar-refractivity contribution is 5.69. The molecule has 4 atom stereocenters. The molecule has 0 aromatic rings. The Bertz CT molecular complexity index is 649. The highest BCUT2D eigenvalue weighted by atomic mass is 16.5. The molecule has 0 radical (unpaired) electrons. The van der Waals surface area contributed by atoms with Crippen molar-refractivity contribution in [3.63, 3.8) is 0 Å². The van der Waals surface area contributed by atoms with Gasteiger partial charge in [-0.2, -0.15) is 0 Å². The number of ether oxygens (including phenoxy) is 6. The maximum absolute atomic E-state index is 12.6. The van der Waals surface area contributed by atoms with Crippen molar-refractivity contribution in [2.24, 2.45) is 0 Å².